The van der Waals surface area contributed by atoms with E-state index in [9.17, 15) is 4.79 Å². The maximum absolute atomic E-state index is 11.5. The van der Waals surface area contributed by atoms with Crippen LogP contribution in [-0.2, 0) is 9.47 Å². The number of carbonyl (C=O) groups excluding carboxylic acids is 1. The molecule has 1 amide bonds. The fourth-order valence-electron chi connectivity index (χ4n) is 1.18. The van der Waals surface area contributed by atoms with Gasteiger partial charge in [0, 0.05) is 20.3 Å². The van der Waals surface area contributed by atoms with Crippen molar-refractivity contribution < 1.29 is 14.3 Å². The lowest BCUT2D eigenvalue weighted by atomic mass is 10.3. The lowest BCUT2D eigenvalue weighted by Gasteiger charge is -2.04. The zero-order valence-electron chi connectivity index (χ0n) is 10.3. The van der Waals surface area contributed by atoms with Crippen LogP contribution in [0.2, 0.25) is 0 Å². The minimum absolute atomic E-state index is 0.232. The van der Waals surface area contributed by atoms with Crippen molar-refractivity contribution in [3.8, 4) is 0 Å². The standard InChI is InChI=1S/C10H18N4O3S/c1-16-6-7-17-5-3-2-4-12-8(15)9-13-14-10(11)18-9/h2-7H2,1H3,(H2,11,14)(H,12,15). The molecule has 0 radical (unpaired) electrons. The Morgan fingerprint density at radius 1 is 1.33 bits per heavy atom. The number of rotatable bonds is 9. The first kappa shape index (κ1) is 14.8. The molecule has 8 heteroatoms. The fraction of sp³-hybridized carbons (Fsp3) is 0.700. The van der Waals surface area contributed by atoms with E-state index in [0.29, 0.717) is 36.5 Å². The van der Waals surface area contributed by atoms with Gasteiger partial charge in [0.25, 0.3) is 5.91 Å². The number of nitrogen functional groups attached to an aromatic ring is 1. The van der Waals surface area contributed by atoms with E-state index in [1.807, 2.05) is 0 Å². The van der Waals surface area contributed by atoms with Gasteiger partial charge in [-0.25, -0.2) is 0 Å². The number of carbonyl (C=O) groups is 1. The number of nitrogens with zero attached hydrogens (tertiary/aromatic N) is 2. The van der Waals surface area contributed by atoms with Gasteiger partial charge in [0.05, 0.1) is 13.2 Å². The van der Waals surface area contributed by atoms with Gasteiger partial charge in [-0.05, 0) is 12.8 Å². The highest BCUT2D eigenvalue weighted by Gasteiger charge is 2.10. The van der Waals surface area contributed by atoms with Crippen LogP contribution < -0.4 is 11.1 Å². The van der Waals surface area contributed by atoms with Gasteiger partial charge in [-0.2, -0.15) is 0 Å². The van der Waals surface area contributed by atoms with Crippen LogP contribution in [0.15, 0.2) is 0 Å². The number of unbranched alkanes of at least 4 members (excludes halogenated alkanes) is 1. The van der Waals surface area contributed by atoms with Crippen molar-refractivity contribution in [2.45, 2.75) is 12.8 Å². The average molecular weight is 274 g/mol. The number of amides is 1. The zero-order valence-corrected chi connectivity index (χ0v) is 11.2. The molecule has 1 aromatic rings. The molecule has 102 valence electrons. The van der Waals surface area contributed by atoms with Crippen molar-refractivity contribution in [2.75, 3.05) is 39.2 Å². The minimum Gasteiger partial charge on any atom is -0.382 e. The van der Waals surface area contributed by atoms with Gasteiger partial charge in [-0.1, -0.05) is 11.3 Å². The third-order valence-electron chi connectivity index (χ3n) is 2.07. The van der Waals surface area contributed by atoms with E-state index in [4.69, 9.17) is 15.2 Å². The summed E-state index contributed by atoms with van der Waals surface area (Å²) in [4.78, 5) is 11.5. The number of hydrogen-bond acceptors (Lipinski definition) is 7. The third-order valence-corrected chi connectivity index (χ3v) is 2.82. The van der Waals surface area contributed by atoms with Crippen molar-refractivity contribution >= 4 is 22.4 Å². The monoisotopic (exact) mass is 274 g/mol. The molecule has 0 atom stereocenters. The Kier molecular flexibility index (Phi) is 7.23. The van der Waals surface area contributed by atoms with Crippen molar-refractivity contribution in [3.05, 3.63) is 5.01 Å². The Hall–Kier alpha value is -1.25. The second-order valence-electron chi connectivity index (χ2n) is 3.51. The number of hydrogen-bond donors (Lipinski definition) is 2. The number of anilines is 1. The third kappa shape index (κ3) is 5.89. The van der Waals surface area contributed by atoms with E-state index in [-0.39, 0.29) is 5.91 Å². The van der Waals surface area contributed by atoms with Crippen molar-refractivity contribution in [1.29, 1.82) is 0 Å². The Morgan fingerprint density at radius 3 is 2.83 bits per heavy atom. The van der Waals surface area contributed by atoms with Gasteiger partial charge in [-0.3, -0.25) is 4.79 Å². The SMILES string of the molecule is COCCOCCCCNC(=O)c1nnc(N)s1. The van der Waals surface area contributed by atoms with Crippen LogP contribution in [0.4, 0.5) is 5.13 Å². The van der Waals surface area contributed by atoms with E-state index >= 15 is 0 Å². The maximum Gasteiger partial charge on any atom is 0.282 e. The van der Waals surface area contributed by atoms with Crippen LogP contribution in [-0.4, -0.2) is 49.6 Å². The summed E-state index contributed by atoms with van der Waals surface area (Å²) < 4.78 is 10.1. The topological polar surface area (TPSA) is 99.4 Å². The summed E-state index contributed by atoms with van der Waals surface area (Å²) in [7, 11) is 1.64. The Morgan fingerprint density at radius 2 is 2.17 bits per heavy atom. The quantitative estimate of drug-likeness (QED) is 0.628. The second kappa shape index (κ2) is 8.78. The van der Waals surface area contributed by atoms with Crippen LogP contribution in [0.3, 0.4) is 0 Å². The summed E-state index contributed by atoms with van der Waals surface area (Å²) >= 11 is 1.08. The van der Waals surface area contributed by atoms with Gasteiger partial charge in [0.1, 0.15) is 0 Å². The molecule has 1 rings (SSSR count). The highest BCUT2D eigenvalue weighted by atomic mass is 32.1. The fourth-order valence-corrected chi connectivity index (χ4v) is 1.70. The van der Waals surface area contributed by atoms with Crippen LogP contribution in [0.5, 0.6) is 0 Å². The number of methoxy groups -OCH3 is 1. The Labute approximate surface area is 110 Å². The first-order chi connectivity index (χ1) is 8.74. The lowest BCUT2D eigenvalue weighted by molar-refractivity contribution is 0.0686. The van der Waals surface area contributed by atoms with Crippen LogP contribution in [0.25, 0.3) is 0 Å². The molecular weight excluding hydrogens is 256 g/mol. The molecule has 0 unspecified atom stereocenters. The largest absolute Gasteiger partial charge is 0.382 e. The Balaban J connectivity index is 1.99. The van der Waals surface area contributed by atoms with Gasteiger partial charge in [0.2, 0.25) is 10.1 Å². The summed E-state index contributed by atoms with van der Waals surface area (Å²) in [5, 5.41) is 10.6. The molecule has 3 N–H and O–H groups in total. The van der Waals surface area contributed by atoms with Gasteiger partial charge in [0.15, 0.2) is 0 Å². The average Bonchev–Trinajstić information content (AvgIpc) is 2.79. The maximum atomic E-state index is 11.5. The molecule has 0 aliphatic carbocycles. The van der Waals surface area contributed by atoms with Crippen molar-refractivity contribution in [3.63, 3.8) is 0 Å². The summed E-state index contributed by atoms with van der Waals surface area (Å²) in [6.07, 6.45) is 1.75. The van der Waals surface area contributed by atoms with E-state index in [2.05, 4.69) is 15.5 Å². The second-order valence-corrected chi connectivity index (χ2v) is 4.52. The molecule has 0 bridgehead atoms. The summed E-state index contributed by atoms with van der Waals surface area (Å²) in [5.74, 6) is -0.232. The Bertz CT molecular complexity index is 359. The molecule has 0 fully saturated rings. The molecule has 0 saturated carbocycles. The van der Waals surface area contributed by atoms with Crippen molar-refractivity contribution in [1.82, 2.24) is 15.5 Å². The van der Waals surface area contributed by atoms with Crippen LogP contribution in [0, 0.1) is 0 Å². The molecular formula is C10H18N4O3S. The molecule has 0 saturated heterocycles. The van der Waals surface area contributed by atoms with Gasteiger partial charge in [-0.15, -0.1) is 10.2 Å². The molecule has 1 aromatic heterocycles. The number of aromatic nitrogens is 2. The first-order valence-corrected chi connectivity index (χ1v) is 6.49. The van der Waals surface area contributed by atoms with E-state index in [1.54, 1.807) is 7.11 Å². The smallest absolute Gasteiger partial charge is 0.282 e. The highest BCUT2D eigenvalue weighted by molar-refractivity contribution is 7.16. The molecule has 0 spiro atoms. The minimum atomic E-state index is -0.232. The van der Waals surface area contributed by atoms with Gasteiger partial charge >= 0.3 is 0 Å². The summed E-state index contributed by atoms with van der Waals surface area (Å²) in [6.45, 7) is 2.47. The molecule has 18 heavy (non-hydrogen) atoms. The number of nitrogens with two attached hydrogens (primary N) is 1. The van der Waals surface area contributed by atoms with Gasteiger partial charge < -0.3 is 20.5 Å². The van der Waals surface area contributed by atoms with E-state index < -0.39 is 0 Å². The predicted molar refractivity (Wildman–Crippen MR) is 68.6 cm³/mol. The number of ether oxygens (including phenoxy) is 2. The highest BCUT2D eigenvalue weighted by Crippen LogP contribution is 2.10. The number of nitrogens with one attached hydrogen (secondary N) is 1. The van der Waals surface area contributed by atoms with Crippen LogP contribution >= 0.6 is 11.3 Å². The molecule has 7 nitrogen and oxygen atoms in total. The molecule has 1 heterocycles. The summed E-state index contributed by atoms with van der Waals surface area (Å²) in [6, 6.07) is 0. The first-order valence-electron chi connectivity index (χ1n) is 5.68. The van der Waals surface area contributed by atoms with E-state index in [0.717, 1.165) is 24.2 Å². The molecule has 0 aromatic carbocycles. The van der Waals surface area contributed by atoms with Crippen molar-refractivity contribution in [2.24, 2.45) is 0 Å². The summed E-state index contributed by atoms with van der Waals surface area (Å²) in [5.41, 5.74) is 5.39. The lowest BCUT2D eigenvalue weighted by Crippen LogP contribution is -2.24. The predicted octanol–water partition coefficient (Wildman–Crippen LogP) is 0.293. The molecule has 0 aliphatic rings. The molecule has 0 aliphatic heterocycles. The van der Waals surface area contributed by atoms with E-state index in [1.165, 1.54) is 0 Å². The normalized spacial score (nSPS) is 10.5. The van der Waals surface area contributed by atoms with Crippen LogP contribution in [0.1, 0.15) is 22.6 Å². The zero-order chi connectivity index (χ0) is 13.2.